The molecule has 1 N–H and O–H groups in total. The van der Waals surface area contributed by atoms with Crippen LogP contribution in [0.2, 0.25) is 0 Å². The molecule has 0 aliphatic carbocycles. The first-order valence-electron chi connectivity index (χ1n) is 5.79. The monoisotopic (exact) mass is 280 g/mol. The molecule has 1 aliphatic rings. The number of hydrogen-bond donors (Lipinski definition) is 1. The van der Waals surface area contributed by atoms with Crippen molar-refractivity contribution in [3.63, 3.8) is 0 Å². The number of methoxy groups -OCH3 is 1. The first-order valence-corrected chi connectivity index (χ1v) is 5.79. The molecule has 1 saturated heterocycles. The van der Waals surface area contributed by atoms with Crippen LogP contribution >= 0.6 is 0 Å². The SMILES string of the molecule is COc1cc([N+](=O)[O-])ccc1N1CC(C(=O)O)CC1=O. The Kier molecular flexibility index (Phi) is 3.55. The number of rotatable bonds is 4. The predicted molar refractivity (Wildman–Crippen MR) is 67.7 cm³/mol. The third-order valence-corrected chi connectivity index (χ3v) is 3.14. The van der Waals surface area contributed by atoms with Gasteiger partial charge in [0.15, 0.2) is 0 Å². The summed E-state index contributed by atoms with van der Waals surface area (Å²) in [5, 5.41) is 19.6. The molecule has 1 fully saturated rings. The first kappa shape index (κ1) is 13.8. The second-order valence-corrected chi connectivity index (χ2v) is 4.36. The second-order valence-electron chi connectivity index (χ2n) is 4.36. The van der Waals surface area contributed by atoms with Crippen molar-refractivity contribution in [2.24, 2.45) is 5.92 Å². The molecule has 1 amide bonds. The van der Waals surface area contributed by atoms with E-state index in [0.717, 1.165) is 0 Å². The van der Waals surface area contributed by atoms with E-state index in [0.29, 0.717) is 5.69 Å². The highest BCUT2D eigenvalue weighted by Gasteiger charge is 2.36. The molecule has 20 heavy (non-hydrogen) atoms. The summed E-state index contributed by atoms with van der Waals surface area (Å²) in [6.45, 7) is 0.0301. The number of carboxylic acids is 1. The summed E-state index contributed by atoms with van der Waals surface area (Å²) in [4.78, 5) is 34.2. The fourth-order valence-corrected chi connectivity index (χ4v) is 2.11. The molecule has 0 bridgehead atoms. The Balaban J connectivity index is 2.35. The van der Waals surface area contributed by atoms with Gasteiger partial charge >= 0.3 is 5.97 Å². The lowest BCUT2D eigenvalue weighted by atomic mass is 10.1. The predicted octanol–water partition coefficient (Wildman–Crippen LogP) is 1.04. The highest BCUT2D eigenvalue weighted by molar-refractivity contribution is 6.00. The summed E-state index contributed by atoms with van der Waals surface area (Å²) in [6, 6.07) is 3.84. The molecular formula is C12H12N2O6. The van der Waals surface area contributed by atoms with Crippen molar-refractivity contribution in [3.05, 3.63) is 28.3 Å². The minimum Gasteiger partial charge on any atom is -0.494 e. The molecule has 1 aliphatic heterocycles. The number of aliphatic carboxylic acids is 1. The van der Waals surface area contributed by atoms with Gasteiger partial charge in [-0.1, -0.05) is 0 Å². The largest absolute Gasteiger partial charge is 0.494 e. The Morgan fingerprint density at radius 3 is 2.75 bits per heavy atom. The molecule has 0 radical (unpaired) electrons. The first-order chi connectivity index (χ1) is 9.43. The van der Waals surface area contributed by atoms with Gasteiger partial charge in [0, 0.05) is 19.0 Å². The van der Waals surface area contributed by atoms with E-state index in [4.69, 9.17) is 9.84 Å². The third-order valence-electron chi connectivity index (χ3n) is 3.14. The average Bonchev–Trinajstić information content (AvgIpc) is 2.80. The number of nitrogens with zero attached hydrogens (tertiary/aromatic N) is 2. The number of nitro benzene ring substituents is 1. The van der Waals surface area contributed by atoms with Crippen molar-refractivity contribution in [3.8, 4) is 5.75 Å². The summed E-state index contributed by atoms with van der Waals surface area (Å²) in [5.41, 5.74) is 0.180. The topological polar surface area (TPSA) is 110 Å². The van der Waals surface area contributed by atoms with Gasteiger partial charge in [-0.3, -0.25) is 19.7 Å². The number of anilines is 1. The van der Waals surface area contributed by atoms with E-state index in [9.17, 15) is 19.7 Å². The molecule has 1 heterocycles. The second kappa shape index (κ2) is 5.16. The molecule has 0 aromatic heterocycles. The average molecular weight is 280 g/mol. The smallest absolute Gasteiger partial charge is 0.308 e. The van der Waals surface area contributed by atoms with E-state index in [2.05, 4.69) is 0 Å². The van der Waals surface area contributed by atoms with Crippen LogP contribution in [0.4, 0.5) is 11.4 Å². The minimum absolute atomic E-state index is 0.0301. The number of nitro groups is 1. The van der Waals surface area contributed by atoms with Crippen LogP contribution in [-0.4, -0.2) is 35.6 Å². The van der Waals surface area contributed by atoms with Crippen LogP contribution in [-0.2, 0) is 9.59 Å². The summed E-state index contributed by atoms with van der Waals surface area (Å²) >= 11 is 0. The van der Waals surface area contributed by atoms with Crippen molar-refractivity contribution < 1.29 is 24.4 Å². The van der Waals surface area contributed by atoms with Gasteiger partial charge in [-0.25, -0.2) is 0 Å². The van der Waals surface area contributed by atoms with E-state index in [1.54, 1.807) is 0 Å². The van der Waals surface area contributed by atoms with E-state index in [1.165, 1.54) is 30.2 Å². The number of carbonyl (C=O) groups excluding carboxylic acids is 1. The van der Waals surface area contributed by atoms with Crippen LogP contribution in [0.1, 0.15) is 6.42 Å². The van der Waals surface area contributed by atoms with Gasteiger partial charge < -0.3 is 14.7 Å². The highest BCUT2D eigenvalue weighted by atomic mass is 16.6. The van der Waals surface area contributed by atoms with Crippen molar-refractivity contribution in [2.45, 2.75) is 6.42 Å². The number of hydrogen-bond acceptors (Lipinski definition) is 5. The highest BCUT2D eigenvalue weighted by Crippen LogP contribution is 2.35. The van der Waals surface area contributed by atoms with Gasteiger partial charge in [0.05, 0.1) is 29.7 Å². The molecule has 1 atom stereocenters. The molecule has 0 spiro atoms. The summed E-state index contributed by atoms with van der Waals surface area (Å²) in [6.07, 6.45) is -0.0878. The van der Waals surface area contributed by atoms with Crippen LogP contribution in [0.5, 0.6) is 5.75 Å². The molecule has 2 rings (SSSR count). The van der Waals surface area contributed by atoms with Crippen LogP contribution in [0, 0.1) is 16.0 Å². The normalized spacial score (nSPS) is 18.1. The van der Waals surface area contributed by atoms with Crippen molar-refractivity contribution in [2.75, 3.05) is 18.6 Å². The molecule has 8 heteroatoms. The van der Waals surface area contributed by atoms with Crippen LogP contribution < -0.4 is 9.64 Å². The lowest BCUT2D eigenvalue weighted by Gasteiger charge is -2.18. The number of benzene rings is 1. The van der Waals surface area contributed by atoms with Gasteiger partial charge in [0.2, 0.25) is 5.91 Å². The number of amides is 1. The van der Waals surface area contributed by atoms with E-state index in [-0.39, 0.29) is 30.3 Å². The zero-order valence-electron chi connectivity index (χ0n) is 10.6. The quantitative estimate of drug-likeness (QED) is 0.651. The van der Waals surface area contributed by atoms with E-state index in [1.807, 2.05) is 0 Å². The van der Waals surface area contributed by atoms with Crippen molar-refractivity contribution in [1.82, 2.24) is 0 Å². The van der Waals surface area contributed by atoms with Crippen molar-refractivity contribution in [1.29, 1.82) is 0 Å². The molecule has 0 saturated carbocycles. The Labute approximate surface area is 113 Å². The molecule has 8 nitrogen and oxygen atoms in total. The zero-order valence-corrected chi connectivity index (χ0v) is 10.6. The molecular weight excluding hydrogens is 268 g/mol. The van der Waals surface area contributed by atoms with Crippen LogP contribution in [0.25, 0.3) is 0 Å². The fraction of sp³-hybridized carbons (Fsp3) is 0.333. The van der Waals surface area contributed by atoms with Crippen molar-refractivity contribution >= 4 is 23.3 Å². The Bertz CT molecular complexity index is 585. The zero-order chi connectivity index (χ0) is 14.9. The maximum Gasteiger partial charge on any atom is 0.308 e. The van der Waals surface area contributed by atoms with Gasteiger partial charge in [0.1, 0.15) is 5.75 Å². The van der Waals surface area contributed by atoms with Gasteiger partial charge in [-0.05, 0) is 6.07 Å². The number of ether oxygens (including phenoxy) is 1. The summed E-state index contributed by atoms with van der Waals surface area (Å²) in [7, 11) is 1.33. The van der Waals surface area contributed by atoms with E-state index >= 15 is 0 Å². The van der Waals surface area contributed by atoms with E-state index < -0.39 is 16.8 Å². The lowest BCUT2D eigenvalue weighted by Crippen LogP contribution is -2.26. The molecule has 106 valence electrons. The van der Waals surface area contributed by atoms with Gasteiger partial charge in [-0.15, -0.1) is 0 Å². The fourth-order valence-electron chi connectivity index (χ4n) is 2.11. The van der Waals surface area contributed by atoms with Crippen LogP contribution in [0.15, 0.2) is 18.2 Å². The minimum atomic E-state index is -1.04. The van der Waals surface area contributed by atoms with Gasteiger partial charge in [0.25, 0.3) is 5.69 Å². The standard InChI is InChI=1S/C12H12N2O6/c1-20-10-5-8(14(18)19)2-3-9(10)13-6-7(12(16)17)4-11(13)15/h2-3,5,7H,4,6H2,1H3,(H,16,17). The number of carboxylic acid groups (broad SMARTS) is 1. The van der Waals surface area contributed by atoms with Crippen LogP contribution in [0.3, 0.4) is 0 Å². The number of non-ortho nitro benzene ring substituents is 1. The summed E-state index contributed by atoms with van der Waals surface area (Å²) < 4.78 is 5.05. The molecule has 1 aromatic rings. The maximum absolute atomic E-state index is 11.8. The Morgan fingerprint density at radius 1 is 1.55 bits per heavy atom. The van der Waals surface area contributed by atoms with Gasteiger partial charge in [-0.2, -0.15) is 0 Å². The maximum atomic E-state index is 11.8. The molecule has 1 aromatic carbocycles. The lowest BCUT2D eigenvalue weighted by molar-refractivity contribution is -0.384. The Morgan fingerprint density at radius 2 is 2.25 bits per heavy atom. The summed E-state index contributed by atoms with van der Waals surface area (Å²) in [5.74, 6) is -1.99. The third kappa shape index (κ3) is 2.40. The molecule has 1 unspecified atom stereocenters. The number of carbonyl (C=O) groups is 2. The Hall–Kier alpha value is -2.64.